The molecule has 0 aliphatic rings. The summed E-state index contributed by atoms with van der Waals surface area (Å²) in [6, 6.07) is 6.35. The second kappa shape index (κ2) is 4.29. The van der Waals surface area contributed by atoms with E-state index in [-0.39, 0.29) is 0 Å². The number of hydrogen-bond acceptors (Lipinski definition) is 0. The zero-order chi connectivity index (χ0) is 9.14. The first-order valence-corrected chi connectivity index (χ1v) is 5.32. The second-order valence-corrected chi connectivity index (χ2v) is 4.26. The Bertz CT molecular complexity index is 269. The summed E-state index contributed by atoms with van der Waals surface area (Å²) >= 11 is 9.23. The van der Waals surface area contributed by atoms with Crippen molar-refractivity contribution in [3.05, 3.63) is 33.8 Å². The van der Waals surface area contributed by atoms with Crippen LogP contribution in [0.1, 0.15) is 30.9 Å². The van der Waals surface area contributed by atoms with Crippen molar-refractivity contribution in [3.8, 4) is 0 Å². The van der Waals surface area contributed by atoms with Crippen molar-refractivity contribution in [1.82, 2.24) is 0 Å². The topological polar surface area (TPSA) is 0 Å². The van der Waals surface area contributed by atoms with Gasteiger partial charge in [0, 0.05) is 10.4 Å². The molecule has 0 spiro atoms. The second-order valence-electron chi connectivity index (χ2n) is 3.14. The molecule has 2 heteroatoms. The van der Waals surface area contributed by atoms with Gasteiger partial charge in [0.25, 0.3) is 0 Å². The van der Waals surface area contributed by atoms with Crippen LogP contribution in [0.15, 0.2) is 22.7 Å². The first-order chi connectivity index (χ1) is 5.65. The standard InChI is InChI=1S/C10H12BrCl/c1-7(2)8-3-4-9(6-12)10(11)5-8/h3-5,7H,6H2,1-2H3. The van der Waals surface area contributed by atoms with E-state index < -0.39 is 0 Å². The van der Waals surface area contributed by atoms with Crippen LogP contribution in [-0.2, 0) is 5.88 Å². The van der Waals surface area contributed by atoms with Crippen LogP contribution in [-0.4, -0.2) is 0 Å². The fourth-order valence-electron chi connectivity index (χ4n) is 1.03. The van der Waals surface area contributed by atoms with Crippen LogP contribution in [0.3, 0.4) is 0 Å². The summed E-state index contributed by atoms with van der Waals surface area (Å²) in [5.41, 5.74) is 2.50. The molecule has 0 N–H and O–H groups in total. The highest BCUT2D eigenvalue weighted by molar-refractivity contribution is 9.10. The quantitative estimate of drug-likeness (QED) is 0.683. The number of alkyl halides is 1. The molecule has 0 nitrogen and oxygen atoms in total. The largest absolute Gasteiger partial charge is 0.122 e. The molecule has 0 aromatic heterocycles. The van der Waals surface area contributed by atoms with Gasteiger partial charge in [0.2, 0.25) is 0 Å². The van der Waals surface area contributed by atoms with E-state index >= 15 is 0 Å². The van der Waals surface area contributed by atoms with Crippen LogP contribution < -0.4 is 0 Å². The summed E-state index contributed by atoms with van der Waals surface area (Å²) in [6.07, 6.45) is 0. The molecule has 0 unspecified atom stereocenters. The van der Waals surface area contributed by atoms with E-state index in [1.807, 2.05) is 0 Å². The number of rotatable bonds is 2. The van der Waals surface area contributed by atoms with Crippen molar-refractivity contribution in [2.24, 2.45) is 0 Å². The van der Waals surface area contributed by atoms with Gasteiger partial charge in [-0.3, -0.25) is 0 Å². The molecule has 1 rings (SSSR count). The van der Waals surface area contributed by atoms with Crippen LogP contribution in [0.2, 0.25) is 0 Å². The zero-order valence-corrected chi connectivity index (χ0v) is 9.61. The molecule has 0 fully saturated rings. The normalized spacial score (nSPS) is 10.8. The Morgan fingerprint density at radius 2 is 2.08 bits per heavy atom. The molecule has 0 bridgehead atoms. The highest BCUT2D eigenvalue weighted by atomic mass is 79.9. The Labute approximate surface area is 87.1 Å². The minimum atomic E-state index is 0.568. The molecule has 0 saturated carbocycles. The maximum atomic E-state index is 5.73. The molecule has 1 aromatic rings. The molecule has 0 atom stereocenters. The third-order valence-electron chi connectivity index (χ3n) is 1.89. The lowest BCUT2D eigenvalue weighted by Crippen LogP contribution is -1.89. The van der Waals surface area contributed by atoms with Gasteiger partial charge in [-0.25, -0.2) is 0 Å². The summed E-state index contributed by atoms with van der Waals surface area (Å²) in [7, 11) is 0. The molecular weight excluding hydrogens is 235 g/mol. The van der Waals surface area contributed by atoms with E-state index in [2.05, 4.69) is 48.0 Å². The zero-order valence-electron chi connectivity index (χ0n) is 7.27. The lowest BCUT2D eigenvalue weighted by atomic mass is 10.0. The molecular formula is C10H12BrCl. The molecule has 0 amide bonds. The first kappa shape index (κ1) is 10.1. The summed E-state index contributed by atoms with van der Waals surface area (Å²) in [4.78, 5) is 0. The summed E-state index contributed by atoms with van der Waals surface area (Å²) in [6.45, 7) is 4.37. The molecule has 1 aromatic carbocycles. The molecule has 12 heavy (non-hydrogen) atoms. The Morgan fingerprint density at radius 3 is 2.50 bits per heavy atom. The van der Waals surface area contributed by atoms with E-state index in [4.69, 9.17) is 11.6 Å². The molecule has 0 heterocycles. The third kappa shape index (κ3) is 2.24. The van der Waals surface area contributed by atoms with Crippen LogP contribution >= 0.6 is 27.5 Å². The lowest BCUT2D eigenvalue weighted by molar-refractivity contribution is 0.864. The maximum Gasteiger partial charge on any atom is 0.0485 e. The summed E-state index contributed by atoms with van der Waals surface area (Å²) in [5, 5.41) is 0. The Hall–Kier alpha value is -0.0100. The van der Waals surface area contributed by atoms with Crippen molar-refractivity contribution in [2.45, 2.75) is 25.6 Å². The summed E-state index contributed by atoms with van der Waals surface area (Å²) < 4.78 is 1.11. The molecule has 0 saturated heterocycles. The Kier molecular flexibility index (Phi) is 3.60. The van der Waals surface area contributed by atoms with Gasteiger partial charge < -0.3 is 0 Å². The minimum absolute atomic E-state index is 0.568. The van der Waals surface area contributed by atoms with Gasteiger partial charge in [-0.15, -0.1) is 11.6 Å². The molecule has 0 radical (unpaired) electrons. The Morgan fingerprint density at radius 1 is 1.42 bits per heavy atom. The van der Waals surface area contributed by atoms with Gasteiger partial charge in [-0.05, 0) is 23.1 Å². The molecule has 0 aliphatic carbocycles. The van der Waals surface area contributed by atoms with E-state index in [0.29, 0.717) is 11.8 Å². The van der Waals surface area contributed by atoms with Gasteiger partial charge >= 0.3 is 0 Å². The van der Waals surface area contributed by atoms with E-state index in [0.717, 1.165) is 10.0 Å². The molecule has 66 valence electrons. The molecule has 0 aliphatic heterocycles. The van der Waals surface area contributed by atoms with E-state index in [1.54, 1.807) is 0 Å². The first-order valence-electron chi connectivity index (χ1n) is 3.99. The minimum Gasteiger partial charge on any atom is -0.122 e. The fourth-order valence-corrected chi connectivity index (χ4v) is 1.96. The van der Waals surface area contributed by atoms with E-state index in [1.165, 1.54) is 5.56 Å². The van der Waals surface area contributed by atoms with Gasteiger partial charge in [0.15, 0.2) is 0 Å². The van der Waals surface area contributed by atoms with Crippen molar-refractivity contribution in [1.29, 1.82) is 0 Å². The van der Waals surface area contributed by atoms with Crippen molar-refractivity contribution in [2.75, 3.05) is 0 Å². The fraction of sp³-hybridized carbons (Fsp3) is 0.400. The number of benzene rings is 1. The Balaban J connectivity index is 3.02. The maximum absolute atomic E-state index is 5.73. The van der Waals surface area contributed by atoms with Crippen molar-refractivity contribution < 1.29 is 0 Å². The number of hydrogen-bond donors (Lipinski definition) is 0. The van der Waals surface area contributed by atoms with Crippen LogP contribution in [0, 0.1) is 0 Å². The van der Waals surface area contributed by atoms with E-state index in [9.17, 15) is 0 Å². The highest BCUT2D eigenvalue weighted by Gasteiger charge is 2.02. The SMILES string of the molecule is CC(C)c1ccc(CCl)c(Br)c1. The van der Waals surface area contributed by atoms with Crippen molar-refractivity contribution >= 4 is 27.5 Å². The predicted octanol–water partition coefficient (Wildman–Crippen LogP) is 4.31. The van der Waals surface area contributed by atoms with Gasteiger partial charge in [-0.1, -0.05) is 41.9 Å². The van der Waals surface area contributed by atoms with Gasteiger partial charge in [-0.2, -0.15) is 0 Å². The van der Waals surface area contributed by atoms with Crippen LogP contribution in [0.25, 0.3) is 0 Å². The lowest BCUT2D eigenvalue weighted by Gasteiger charge is -2.07. The monoisotopic (exact) mass is 246 g/mol. The third-order valence-corrected chi connectivity index (χ3v) is 2.91. The summed E-state index contributed by atoms with van der Waals surface area (Å²) in [5.74, 6) is 1.14. The highest BCUT2D eigenvalue weighted by Crippen LogP contribution is 2.24. The van der Waals surface area contributed by atoms with Crippen LogP contribution in [0.4, 0.5) is 0 Å². The predicted molar refractivity (Wildman–Crippen MR) is 57.8 cm³/mol. The average molecular weight is 248 g/mol. The van der Waals surface area contributed by atoms with Crippen molar-refractivity contribution in [3.63, 3.8) is 0 Å². The van der Waals surface area contributed by atoms with Gasteiger partial charge in [0.05, 0.1) is 0 Å². The number of halogens is 2. The van der Waals surface area contributed by atoms with Crippen LogP contribution in [0.5, 0.6) is 0 Å². The van der Waals surface area contributed by atoms with Gasteiger partial charge in [0.1, 0.15) is 0 Å². The smallest absolute Gasteiger partial charge is 0.0485 e. The average Bonchev–Trinajstić information content (AvgIpc) is 2.04.